The van der Waals surface area contributed by atoms with Crippen molar-refractivity contribution in [3.63, 3.8) is 0 Å². The third-order valence-electron chi connectivity index (χ3n) is 9.57. The van der Waals surface area contributed by atoms with E-state index < -0.39 is 29.4 Å². The van der Waals surface area contributed by atoms with Gasteiger partial charge >= 0.3 is 6.05 Å². The lowest BCUT2D eigenvalue weighted by Crippen LogP contribution is -2.44. The van der Waals surface area contributed by atoms with Gasteiger partial charge in [0.25, 0.3) is 5.91 Å². The quantitative estimate of drug-likeness (QED) is 0.108. The predicted molar refractivity (Wildman–Crippen MR) is 191 cm³/mol. The number of hydrogen-bond donors (Lipinski definition) is 2. The maximum Gasteiger partial charge on any atom is 0.364 e. The second-order valence-electron chi connectivity index (χ2n) is 13.0. The van der Waals surface area contributed by atoms with E-state index in [0.717, 1.165) is 23.0 Å². The number of imidazole rings is 1. The topological polar surface area (TPSA) is 110 Å². The summed E-state index contributed by atoms with van der Waals surface area (Å²) >= 11 is 5.84. The van der Waals surface area contributed by atoms with Crippen molar-refractivity contribution in [2.45, 2.75) is 45.1 Å². The van der Waals surface area contributed by atoms with Crippen LogP contribution < -0.4 is 10.1 Å². The number of rotatable bonds is 10. The number of aryl methyl sites for hydroxylation is 1. The monoisotopic (exact) mass is 745 g/mol. The molecule has 3 aromatic heterocycles. The van der Waals surface area contributed by atoms with Crippen molar-refractivity contribution in [2.24, 2.45) is 0 Å². The minimum Gasteiger partial charge on any atom is -0.473 e. The number of fused-ring (bicyclic) bond motifs is 2. The second-order valence-corrected chi connectivity index (χ2v) is 13.5. The number of anilines is 1. The number of carbonyl (C=O) groups excluding carboxylic acids is 1. The summed E-state index contributed by atoms with van der Waals surface area (Å²) in [6, 6.07) is 13.4. The number of hydrogen-bond acceptors (Lipinski definition) is 7. The molecule has 8 rings (SSSR count). The number of nitrogens with one attached hydrogen (secondary N) is 2. The molecule has 1 atom stereocenters. The Kier molecular flexibility index (Phi) is 9.13. The van der Waals surface area contributed by atoms with Crippen molar-refractivity contribution in [1.82, 2.24) is 29.6 Å². The fraction of sp³-hybridized carbons (Fsp3) is 0.263. The van der Waals surface area contributed by atoms with Crippen LogP contribution in [0.25, 0.3) is 27.5 Å². The van der Waals surface area contributed by atoms with Gasteiger partial charge < -0.3 is 19.4 Å². The Morgan fingerprint density at radius 1 is 1.09 bits per heavy atom. The van der Waals surface area contributed by atoms with Crippen molar-refractivity contribution < 1.29 is 31.8 Å². The third kappa shape index (κ3) is 6.85. The first-order valence-corrected chi connectivity index (χ1v) is 17.4. The number of carbonyl (C=O) groups is 1. The van der Waals surface area contributed by atoms with Crippen molar-refractivity contribution in [3.05, 3.63) is 118 Å². The summed E-state index contributed by atoms with van der Waals surface area (Å²) in [5.74, 6) is -1.86. The minimum atomic E-state index is -3.47. The summed E-state index contributed by atoms with van der Waals surface area (Å²) in [6.45, 7) is 2.35. The third-order valence-corrected chi connectivity index (χ3v) is 9.80. The highest BCUT2D eigenvalue weighted by Crippen LogP contribution is 2.38. The van der Waals surface area contributed by atoms with E-state index >= 15 is 8.78 Å². The molecule has 0 saturated carbocycles. The maximum atomic E-state index is 16.5. The summed E-state index contributed by atoms with van der Waals surface area (Å²) in [7, 11) is 0. The molecule has 15 heteroatoms. The highest BCUT2D eigenvalue weighted by Gasteiger charge is 2.45. The molecule has 0 aliphatic carbocycles. The number of aromatic amines is 1. The first-order valence-electron chi connectivity index (χ1n) is 17.0. The van der Waals surface area contributed by atoms with E-state index in [9.17, 15) is 13.6 Å². The van der Waals surface area contributed by atoms with Crippen LogP contribution in [0.2, 0.25) is 5.02 Å². The van der Waals surface area contributed by atoms with E-state index in [1.807, 2.05) is 0 Å². The zero-order valence-electron chi connectivity index (χ0n) is 28.3. The van der Waals surface area contributed by atoms with E-state index in [0.29, 0.717) is 40.1 Å². The zero-order chi connectivity index (χ0) is 36.9. The van der Waals surface area contributed by atoms with Crippen molar-refractivity contribution in [2.75, 3.05) is 25.0 Å². The summed E-state index contributed by atoms with van der Waals surface area (Å²) in [5.41, 5.74) is 3.55. The van der Waals surface area contributed by atoms with E-state index in [-0.39, 0.29) is 66.3 Å². The molecule has 272 valence electrons. The summed E-state index contributed by atoms with van der Waals surface area (Å²) < 4.78 is 74.7. The van der Waals surface area contributed by atoms with Crippen LogP contribution in [0.3, 0.4) is 0 Å². The molecule has 0 spiro atoms. The number of ether oxygens (including phenoxy) is 2. The van der Waals surface area contributed by atoms with Gasteiger partial charge in [-0.1, -0.05) is 29.8 Å². The Morgan fingerprint density at radius 2 is 1.94 bits per heavy atom. The number of nitrogens with zero attached hydrogens (tertiary/aromatic N) is 5. The lowest BCUT2D eigenvalue weighted by atomic mass is 10.0. The number of aromatic nitrogens is 5. The van der Waals surface area contributed by atoms with Gasteiger partial charge in [0.15, 0.2) is 11.6 Å². The van der Waals surface area contributed by atoms with Gasteiger partial charge in [-0.2, -0.15) is 13.9 Å². The number of amides is 1. The number of halogens is 5. The number of H-pyrrole nitrogens is 1. The average Bonchev–Trinajstić information content (AvgIpc) is 3.70. The first-order chi connectivity index (χ1) is 25.5. The minimum absolute atomic E-state index is 0.0169. The molecule has 1 amide bonds. The molecule has 53 heavy (non-hydrogen) atoms. The molecule has 2 N–H and O–H groups in total. The van der Waals surface area contributed by atoms with Crippen LogP contribution in [0.4, 0.5) is 23.2 Å². The normalized spacial score (nSPS) is 16.5. The van der Waals surface area contributed by atoms with Crippen LogP contribution in [0.1, 0.15) is 46.0 Å². The second kappa shape index (κ2) is 13.9. The molecule has 1 fully saturated rings. The van der Waals surface area contributed by atoms with Gasteiger partial charge in [-0.05, 0) is 73.9 Å². The molecule has 5 heterocycles. The van der Waals surface area contributed by atoms with Crippen LogP contribution in [-0.2, 0) is 23.9 Å². The fourth-order valence-corrected chi connectivity index (χ4v) is 6.71. The molecule has 6 aromatic rings. The van der Waals surface area contributed by atoms with Gasteiger partial charge in [0.1, 0.15) is 17.9 Å². The van der Waals surface area contributed by atoms with Gasteiger partial charge in [-0.15, -0.1) is 0 Å². The van der Waals surface area contributed by atoms with Gasteiger partial charge in [-0.3, -0.25) is 9.89 Å². The molecule has 1 saturated heterocycles. The van der Waals surface area contributed by atoms with E-state index in [1.165, 1.54) is 16.7 Å². The number of pyridine rings is 1. The van der Waals surface area contributed by atoms with Crippen molar-refractivity contribution in [1.29, 1.82) is 0 Å². The van der Waals surface area contributed by atoms with Gasteiger partial charge in [0.2, 0.25) is 5.88 Å². The first kappa shape index (κ1) is 34.8. The van der Waals surface area contributed by atoms with E-state index in [1.54, 1.807) is 61.5 Å². The van der Waals surface area contributed by atoms with E-state index in [2.05, 4.69) is 25.5 Å². The highest BCUT2D eigenvalue weighted by atomic mass is 35.5. The Balaban J connectivity index is 1.01. The van der Waals surface area contributed by atoms with Gasteiger partial charge in [0.05, 0.1) is 29.4 Å². The molecule has 0 bridgehead atoms. The smallest absolute Gasteiger partial charge is 0.364 e. The van der Waals surface area contributed by atoms with Crippen molar-refractivity contribution >= 4 is 50.7 Å². The Morgan fingerprint density at radius 3 is 2.70 bits per heavy atom. The molecule has 10 nitrogen and oxygen atoms in total. The standard InChI is InChI=1S/C38H32ClF4N7O3/c1-21-28-15-24(16-30(41)35(28)48-47-21)36(51)44-26-7-8-33-32(18-26)46-37(50(33)19-27-11-14-52-27)38(42,43)49-12-9-22(10-13-49)31-3-2-4-34(45-31)53-20-23-5-6-25(39)17-29(23)40/h2-9,15-18,27H,10-14,19-20H2,1H3,(H,44,51)(H,47,48)/t27-/m0/s1. The Bertz CT molecular complexity index is 2410. The molecule has 2 aliphatic heterocycles. The number of benzene rings is 3. The molecular weight excluding hydrogens is 714 g/mol. The molecular formula is C38H32ClF4N7O3. The van der Waals surface area contributed by atoms with Crippen LogP contribution in [-0.4, -0.2) is 61.3 Å². The number of alkyl halides is 2. The zero-order valence-corrected chi connectivity index (χ0v) is 29.1. The van der Waals surface area contributed by atoms with Crippen molar-refractivity contribution in [3.8, 4) is 5.88 Å². The molecule has 2 aliphatic rings. The Labute approximate surface area is 305 Å². The largest absolute Gasteiger partial charge is 0.473 e. The summed E-state index contributed by atoms with van der Waals surface area (Å²) in [6.07, 6.45) is 2.49. The lowest BCUT2D eigenvalue weighted by Gasteiger charge is -2.34. The summed E-state index contributed by atoms with van der Waals surface area (Å²) in [5, 5.41) is 10.2. The van der Waals surface area contributed by atoms with Crippen LogP contribution >= 0.6 is 11.6 Å². The van der Waals surface area contributed by atoms with Crippen LogP contribution in [0.5, 0.6) is 5.88 Å². The van der Waals surface area contributed by atoms with Crippen LogP contribution in [0, 0.1) is 18.6 Å². The van der Waals surface area contributed by atoms with E-state index in [4.69, 9.17) is 21.1 Å². The SMILES string of the molecule is Cc1[nH]nc2c(F)cc(C(=O)Nc3ccc4c(c3)nc(C(F)(F)N3CC=C(c5cccc(OCc6ccc(Cl)cc6F)n5)CC3)n4C[C@@H]3CCO3)cc12. The fourth-order valence-electron chi connectivity index (χ4n) is 6.55. The highest BCUT2D eigenvalue weighted by molar-refractivity contribution is 6.30. The average molecular weight is 746 g/mol. The lowest BCUT2D eigenvalue weighted by molar-refractivity contribution is -0.160. The molecule has 0 radical (unpaired) electrons. The molecule has 3 aromatic carbocycles. The van der Waals surface area contributed by atoms with Gasteiger partial charge in [0, 0.05) is 58.7 Å². The predicted octanol–water partition coefficient (Wildman–Crippen LogP) is 8.01. The Hall–Kier alpha value is -5.31. The van der Waals surface area contributed by atoms with Crippen LogP contribution in [0.15, 0.2) is 72.8 Å². The summed E-state index contributed by atoms with van der Waals surface area (Å²) in [4.78, 5) is 23.2. The maximum absolute atomic E-state index is 16.5. The molecule has 0 unspecified atom stereocenters. The van der Waals surface area contributed by atoms with Gasteiger partial charge in [-0.25, -0.2) is 23.6 Å².